The first kappa shape index (κ1) is 17.9. The van der Waals surface area contributed by atoms with Crippen LogP contribution in [-0.2, 0) is 9.59 Å². The summed E-state index contributed by atoms with van der Waals surface area (Å²) in [7, 11) is 0. The lowest BCUT2D eigenvalue weighted by atomic mass is 10.2. The average Bonchev–Trinajstić information content (AvgIpc) is 2.77. The summed E-state index contributed by atoms with van der Waals surface area (Å²) in [5.41, 5.74) is 5.74. The first-order valence-electron chi connectivity index (χ1n) is 7.39. The van der Waals surface area contributed by atoms with Gasteiger partial charge < -0.3 is 15.2 Å². The summed E-state index contributed by atoms with van der Waals surface area (Å²) in [6.45, 7) is 4.29. The molecule has 24 heavy (non-hydrogen) atoms. The Bertz CT molecular complexity index is 702. The van der Waals surface area contributed by atoms with E-state index in [1.54, 1.807) is 24.3 Å². The van der Waals surface area contributed by atoms with E-state index in [4.69, 9.17) is 15.2 Å². The first-order valence-corrected chi connectivity index (χ1v) is 8.21. The highest BCUT2D eigenvalue weighted by molar-refractivity contribution is 8.18. The molecule has 1 heterocycles. The molecule has 2 N–H and O–H groups in total. The van der Waals surface area contributed by atoms with Crippen LogP contribution >= 0.6 is 11.8 Å². The van der Waals surface area contributed by atoms with E-state index in [0.29, 0.717) is 30.3 Å². The Morgan fingerprint density at radius 3 is 2.50 bits per heavy atom. The number of imide groups is 1. The Morgan fingerprint density at radius 1 is 1.21 bits per heavy atom. The molecule has 0 radical (unpaired) electrons. The van der Waals surface area contributed by atoms with Crippen molar-refractivity contribution in [3.8, 4) is 11.5 Å². The van der Waals surface area contributed by atoms with Gasteiger partial charge in [0.15, 0.2) is 11.5 Å². The number of nitrogens with two attached hydrogens (primary N) is 1. The Hall–Kier alpha value is -2.48. The number of ether oxygens (including phenoxy) is 2. The second-order valence-corrected chi connectivity index (χ2v) is 5.80. The number of carbonyl (C=O) groups is 3. The maximum absolute atomic E-state index is 12.2. The maximum Gasteiger partial charge on any atom is 0.294 e. The summed E-state index contributed by atoms with van der Waals surface area (Å²) in [6, 6.07) is 5.24. The van der Waals surface area contributed by atoms with Crippen molar-refractivity contribution in [3.63, 3.8) is 0 Å². The number of rotatable bonds is 7. The maximum atomic E-state index is 12.2. The van der Waals surface area contributed by atoms with Crippen molar-refractivity contribution < 1.29 is 23.9 Å². The third-order valence-electron chi connectivity index (χ3n) is 3.05. The molecule has 3 amide bonds. The molecule has 0 unspecified atom stereocenters. The van der Waals surface area contributed by atoms with E-state index in [1.807, 2.05) is 13.8 Å². The molecule has 0 aliphatic carbocycles. The normalized spacial score (nSPS) is 15.9. The minimum Gasteiger partial charge on any atom is -0.490 e. The van der Waals surface area contributed by atoms with E-state index in [1.165, 1.54) is 0 Å². The molecule has 128 valence electrons. The highest BCUT2D eigenvalue weighted by Crippen LogP contribution is 2.34. The molecule has 1 aromatic rings. The molecule has 8 heteroatoms. The summed E-state index contributed by atoms with van der Waals surface area (Å²) in [4.78, 5) is 36.0. The van der Waals surface area contributed by atoms with Crippen LogP contribution in [0.25, 0.3) is 6.08 Å². The van der Waals surface area contributed by atoms with Crippen molar-refractivity contribution in [2.45, 2.75) is 13.8 Å². The van der Waals surface area contributed by atoms with Crippen molar-refractivity contribution in [3.05, 3.63) is 28.7 Å². The van der Waals surface area contributed by atoms with Crippen LogP contribution in [0.15, 0.2) is 23.1 Å². The molecule has 7 nitrogen and oxygen atoms in total. The Morgan fingerprint density at radius 2 is 1.88 bits per heavy atom. The average molecular weight is 350 g/mol. The summed E-state index contributed by atoms with van der Waals surface area (Å²) in [5, 5.41) is -0.513. The zero-order valence-electron chi connectivity index (χ0n) is 13.4. The van der Waals surface area contributed by atoms with Crippen LogP contribution in [0.5, 0.6) is 11.5 Å². The van der Waals surface area contributed by atoms with Crippen LogP contribution in [0.3, 0.4) is 0 Å². The van der Waals surface area contributed by atoms with Crippen LogP contribution in [0.1, 0.15) is 19.4 Å². The van der Waals surface area contributed by atoms with Gasteiger partial charge in [-0.3, -0.25) is 19.3 Å². The zero-order chi connectivity index (χ0) is 17.7. The molecule has 1 aromatic carbocycles. The van der Waals surface area contributed by atoms with Gasteiger partial charge in [-0.2, -0.15) is 0 Å². The van der Waals surface area contributed by atoms with Crippen molar-refractivity contribution in [2.75, 3.05) is 19.8 Å². The van der Waals surface area contributed by atoms with E-state index in [2.05, 4.69) is 0 Å². The predicted molar refractivity (Wildman–Crippen MR) is 90.7 cm³/mol. The number of hydrogen-bond acceptors (Lipinski definition) is 6. The summed E-state index contributed by atoms with van der Waals surface area (Å²) in [6.07, 6.45) is 1.57. The largest absolute Gasteiger partial charge is 0.490 e. The number of benzene rings is 1. The van der Waals surface area contributed by atoms with Crippen molar-refractivity contribution in [1.82, 2.24) is 4.90 Å². The fourth-order valence-electron chi connectivity index (χ4n) is 2.10. The van der Waals surface area contributed by atoms with Crippen LogP contribution in [0.4, 0.5) is 4.79 Å². The molecule has 2 rings (SSSR count). The highest BCUT2D eigenvalue weighted by atomic mass is 32.2. The second-order valence-electron chi connectivity index (χ2n) is 4.81. The number of carbonyl (C=O) groups excluding carboxylic acids is 3. The van der Waals surface area contributed by atoms with Crippen LogP contribution in [0, 0.1) is 0 Å². The van der Waals surface area contributed by atoms with E-state index >= 15 is 0 Å². The summed E-state index contributed by atoms with van der Waals surface area (Å²) >= 11 is 0.771. The SMILES string of the molecule is CCOc1ccc(/C=C2\SC(=O)N(CC(N)=O)C2=O)cc1OCC. The van der Waals surface area contributed by atoms with E-state index in [9.17, 15) is 14.4 Å². The Kier molecular flexibility index (Phi) is 5.86. The molecule has 0 atom stereocenters. The lowest BCUT2D eigenvalue weighted by Gasteiger charge is -2.11. The van der Waals surface area contributed by atoms with E-state index < -0.39 is 23.6 Å². The molecular formula is C16H18N2O5S. The predicted octanol–water partition coefficient (Wildman–Crippen LogP) is 2.01. The monoisotopic (exact) mass is 350 g/mol. The molecular weight excluding hydrogens is 332 g/mol. The van der Waals surface area contributed by atoms with Gasteiger partial charge in [0, 0.05) is 0 Å². The third kappa shape index (κ3) is 4.08. The van der Waals surface area contributed by atoms with Gasteiger partial charge in [-0.1, -0.05) is 6.07 Å². The molecule has 0 aromatic heterocycles. The molecule has 0 saturated carbocycles. The van der Waals surface area contributed by atoms with Gasteiger partial charge in [0.1, 0.15) is 6.54 Å². The van der Waals surface area contributed by atoms with Gasteiger partial charge in [0.2, 0.25) is 5.91 Å². The van der Waals surface area contributed by atoms with E-state index in [-0.39, 0.29) is 4.91 Å². The minimum atomic E-state index is -0.738. The fraction of sp³-hybridized carbons (Fsp3) is 0.312. The molecule has 0 spiro atoms. The lowest BCUT2D eigenvalue weighted by molar-refractivity contribution is -0.127. The smallest absolute Gasteiger partial charge is 0.294 e. The summed E-state index contributed by atoms with van der Waals surface area (Å²) < 4.78 is 11.0. The molecule has 1 aliphatic rings. The van der Waals surface area contributed by atoms with Crippen molar-refractivity contribution in [2.24, 2.45) is 5.73 Å². The van der Waals surface area contributed by atoms with Gasteiger partial charge >= 0.3 is 0 Å². The standard InChI is InChI=1S/C16H18N2O5S/c1-3-22-11-6-5-10(7-12(11)23-4-2)8-13-15(20)18(9-14(17)19)16(21)24-13/h5-8H,3-4,9H2,1-2H3,(H2,17,19)/b13-8-. The topological polar surface area (TPSA) is 98.9 Å². The lowest BCUT2D eigenvalue weighted by Crippen LogP contribution is -2.36. The van der Waals surface area contributed by atoms with Crippen LogP contribution < -0.4 is 15.2 Å². The first-order chi connectivity index (χ1) is 11.5. The van der Waals surface area contributed by atoms with Crippen LogP contribution in [-0.4, -0.2) is 41.7 Å². The molecule has 0 bridgehead atoms. The zero-order valence-corrected chi connectivity index (χ0v) is 14.2. The second kappa shape index (κ2) is 7.87. The minimum absolute atomic E-state index is 0.229. The number of thioether (sulfide) groups is 1. The molecule has 1 aliphatic heterocycles. The quantitative estimate of drug-likeness (QED) is 0.755. The Labute approximate surface area is 143 Å². The third-order valence-corrected chi connectivity index (χ3v) is 3.96. The fourth-order valence-corrected chi connectivity index (χ4v) is 2.94. The van der Waals surface area contributed by atoms with Gasteiger partial charge in [-0.25, -0.2) is 0 Å². The van der Waals surface area contributed by atoms with Gasteiger partial charge in [0.05, 0.1) is 18.1 Å². The van der Waals surface area contributed by atoms with Gasteiger partial charge in [-0.15, -0.1) is 0 Å². The number of nitrogens with zero attached hydrogens (tertiary/aromatic N) is 1. The Balaban J connectivity index is 2.27. The number of hydrogen-bond donors (Lipinski definition) is 1. The van der Waals surface area contributed by atoms with Crippen LogP contribution in [0.2, 0.25) is 0 Å². The van der Waals surface area contributed by atoms with Gasteiger partial charge in [-0.05, 0) is 49.4 Å². The molecule has 1 fully saturated rings. The number of primary amides is 1. The highest BCUT2D eigenvalue weighted by Gasteiger charge is 2.35. The molecule has 1 saturated heterocycles. The van der Waals surface area contributed by atoms with E-state index in [0.717, 1.165) is 16.7 Å². The van der Waals surface area contributed by atoms with Crippen molar-refractivity contribution >= 4 is 34.9 Å². The number of amides is 3. The summed E-state index contributed by atoms with van der Waals surface area (Å²) in [5.74, 6) is -0.100. The van der Waals surface area contributed by atoms with Crippen molar-refractivity contribution in [1.29, 1.82) is 0 Å². The van der Waals surface area contributed by atoms with Gasteiger partial charge in [0.25, 0.3) is 11.1 Å².